The molecule has 1 N–H and O–H groups in total. The first kappa shape index (κ1) is 15.0. The van der Waals surface area contributed by atoms with Crippen LogP contribution in [-0.4, -0.2) is 18.6 Å². The maximum Gasteiger partial charge on any atom is 0.252 e. The van der Waals surface area contributed by atoms with Crippen molar-refractivity contribution < 1.29 is 9.53 Å². The third-order valence-electron chi connectivity index (χ3n) is 2.61. The number of nitrogens with one attached hydrogen (secondary N) is 1. The standard InChI is InChI=1S/C15H20N2O2/c1-3-6-13(11-16)17-15(18)12-7-5-8-14(10-12)19-9-4-2/h5,7-8,10,13H,3-4,6,9H2,1-2H3,(H,17,18). The van der Waals surface area contributed by atoms with E-state index in [0.717, 1.165) is 12.8 Å². The van der Waals surface area contributed by atoms with Gasteiger partial charge in [0.2, 0.25) is 0 Å². The minimum absolute atomic E-state index is 0.234. The Kier molecular flexibility index (Phi) is 6.45. The summed E-state index contributed by atoms with van der Waals surface area (Å²) in [6.45, 7) is 4.64. The number of benzene rings is 1. The van der Waals surface area contributed by atoms with Crippen molar-refractivity contribution in [2.24, 2.45) is 0 Å². The second-order valence-electron chi connectivity index (χ2n) is 4.32. The highest BCUT2D eigenvalue weighted by molar-refractivity contribution is 5.94. The molecule has 1 unspecified atom stereocenters. The van der Waals surface area contributed by atoms with Gasteiger partial charge in [-0.15, -0.1) is 0 Å². The fraction of sp³-hybridized carbons (Fsp3) is 0.467. The summed E-state index contributed by atoms with van der Waals surface area (Å²) in [5.41, 5.74) is 0.518. The first-order valence-corrected chi connectivity index (χ1v) is 6.64. The summed E-state index contributed by atoms with van der Waals surface area (Å²) in [5.74, 6) is 0.445. The van der Waals surface area contributed by atoms with E-state index in [-0.39, 0.29) is 5.91 Å². The molecule has 0 saturated heterocycles. The predicted molar refractivity (Wildman–Crippen MR) is 74.0 cm³/mol. The van der Waals surface area contributed by atoms with Crippen LogP contribution >= 0.6 is 0 Å². The van der Waals surface area contributed by atoms with E-state index in [1.165, 1.54) is 0 Å². The third kappa shape index (κ3) is 5.01. The van der Waals surface area contributed by atoms with Gasteiger partial charge < -0.3 is 10.1 Å². The molecule has 102 valence electrons. The second kappa shape index (κ2) is 8.15. The van der Waals surface area contributed by atoms with Gasteiger partial charge in [-0.05, 0) is 31.0 Å². The smallest absolute Gasteiger partial charge is 0.252 e. The summed E-state index contributed by atoms with van der Waals surface area (Å²) in [7, 11) is 0. The third-order valence-corrected chi connectivity index (χ3v) is 2.61. The van der Waals surface area contributed by atoms with Crippen molar-refractivity contribution in [2.75, 3.05) is 6.61 Å². The van der Waals surface area contributed by atoms with Gasteiger partial charge in [-0.2, -0.15) is 5.26 Å². The van der Waals surface area contributed by atoms with E-state index in [1.54, 1.807) is 18.2 Å². The molecule has 0 bridgehead atoms. The first-order chi connectivity index (χ1) is 9.21. The van der Waals surface area contributed by atoms with Gasteiger partial charge >= 0.3 is 0 Å². The molecule has 4 heteroatoms. The molecule has 0 heterocycles. The molecule has 0 aliphatic carbocycles. The van der Waals surface area contributed by atoms with Crippen molar-refractivity contribution in [2.45, 2.75) is 39.2 Å². The number of hydrogen-bond acceptors (Lipinski definition) is 3. The molecule has 1 amide bonds. The molecule has 1 atom stereocenters. The van der Waals surface area contributed by atoms with Crippen LogP contribution in [0, 0.1) is 11.3 Å². The van der Waals surface area contributed by atoms with Crippen LogP contribution in [0.5, 0.6) is 5.75 Å². The maximum absolute atomic E-state index is 12.0. The van der Waals surface area contributed by atoms with Gasteiger partial charge in [-0.25, -0.2) is 0 Å². The zero-order valence-electron chi connectivity index (χ0n) is 11.5. The maximum atomic E-state index is 12.0. The number of carbonyl (C=O) groups is 1. The van der Waals surface area contributed by atoms with Crippen LogP contribution in [0.25, 0.3) is 0 Å². The molecule has 19 heavy (non-hydrogen) atoms. The molecule has 0 aliphatic rings. The van der Waals surface area contributed by atoms with Gasteiger partial charge in [0, 0.05) is 5.56 Å². The number of carbonyl (C=O) groups excluding carboxylic acids is 1. The van der Waals surface area contributed by atoms with Gasteiger partial charge in [0.15, 0.2) is 0 Å². The molecule has 0 fully saturated rings. The molecule has 1 rings (SSSR count). The Balaban J connectivity index is 2.68. The Morgan fingerprint density at radius 2 is 2.21 bits per heavy atom. The number of amides is 1. The van der Waals surface area contributed by atoms with Crippen LogP contribution in [0.15, 0.2) is 24.3 Å². The largest absolute Gasteiger partial charge is 0.494 e. The molecular formula is C15H20N2O2. The van der Waals surface area contributed by atoms with E-state index >= 15 is 0 Å². The minimum atomic E-state index is -0.433. The van der Waals surface area contributed by atoms with Crippen molar-refractivity contribution >= 4 is 5.91 Å². The molecule has 1 aromatic carbocycles. The zero-order chi connectivity index (χ0) is 14.1. The highest BCUT2D eigenvalue weighted by atomic mass is 16.5. The molecule has 0 spiro atoms. The lowest BCUT2D eigenvalue weighted by atomic mass is 10.1. The van der Waals surface area contributed by atoms with Crippen LogP contribution in [0.2, 0.25) is 0 Å². The quantitative estimate of drug-likeness (QED) is 0.820. The number of hydrogen-bond donors (Lipinski definition) is 1. The molecular weight excluding hydrogens is 240 g/mol. The number of ether oxygens (including phenoxy) is 1. The minimum Gasteiger partial charge on any atom is -0.494 e. The van der Waals surface area contributed by atoms with E-state index in [2.05, 4.69) is 11.4 Å². The van der Waals surface area contributed by atoms with Crippen molar-refractivity contribution in [1.82, 2.24) is 5.32 Å². The van der Waals surface area contributed by atoms with Gasteiger partial charge in [0.25, 0.3) is 5.91 Å². The van der Waals surface area contributed by atoms with Gasteiger partial charge in [-0.3, -0.25) is 4.79 Å². The van der Waals surface area contributed by atoms with E-state index in [4.69, 9.17) is 10.00 Å². The molecule has 1 aromatic rings. The Labute approximate surface area is 114 Å². The molecule has 4 nitrogen and oxygen atoms in total. The van der Waals surface area contributed by atoms with Crippen LogP contribution in [0.4, 0.5) is 0 Å². The van der Waals surface area contributed by atoms with Crippen LogP contribution < -0.4 is 10.1 Å². The van der Waals surface area contributed by atoms with Crippen molar-refractivity contribution in [1.29, 1.82) is 5.26 Å². The summed E-state index contributed by atoms with van der Waals surface area (Å²) >= 11 is 0. The lowest BCUT2D eigenvalue weighted by Gasteiger charge is -2.11. The lowest BCUT2D eigenvalue weighted by Crippen LogP contribution is -2.33. The summed E-state index contributed by atoms with van der Waals surface area (Å²) in [5, 5.41) is 11.6. The van der Waals surface area contributed by atoms with E-state index < -0.39 is 6.04 Å². The Morgan fingerprint density at radius 1 is 1.42 bits per heavy atom. The van der Waals surface area contributed by atoms with E-state index in [1.807, 2.05) is 19.9 Å². The Bertz CT molecular complexity index is 452. The summed E-state index contributed by atoms with van der Waals surface area (Å²) in [6.07, 6.45) is 2.44. The van der Waals surface area contributed by atoms with Crippen LogP contribution in [-0.2, 0) is 0 Å². The molecule has 0 aromatic heterocycles. The number of nitrogens with zero attached hydrogens (tertiary/aromatic N) is 1. The molecule has 0 radical (unpaired) electrons. The Morgan fingerprint density at radius 3 is 2.84 bits per heavy atom. The van der Waals surface area contributed by atoms with Crippen molar-refractivity contribution in [3.8, 4) is 11.8 Å². The monoisotopic (exact) mass is 260 g/mol. The zero-order valence-corrected chi connectivity index (χ0v) is 11.5. The van der Waals surface area contributed by atoms with Gasteiger partial charge in [0.05, 0.1) is 12.7 Å². The topological polar surface area (TPSA) is 62.1 Å². The van der Waals surface area contributed by atoms with Crippen molar-refractivity contribution in [3.05, 3.63) is 29.8 Å². The second-order valence-corrected chi connectivity index (χ2v) is 4.32. The summed E-state index contributed by atoms with van der Waals surface area (Å²) < 4.78 is 5.48. The lowest BCUT2D eigenvalue weighted by molar-refractivity contribution is 0.0943. The van der Waals surface area contributed by atoms with Crippen LogP contribution in [0.3, 0.4) is 0 Å². The SMILES string of the molecule is CCCOc1cccc(C(=O)NC(C#N)CCC)c1. The fourth-order valence-electron chi connectivity index (χ4n) is 1.65. The Hall–Kier alpha value is -2.02. The molecule has 0 saturated carbocycles. The normalized spacial score (nSPS) is 11.4. The number of nitriles is 1. The van der Waals surface area contributed by atoms with Crippen molar-refractivity contribution in [3.63, 3.8) is 0 Å². The fourth-order valence-corrected chi connectivity index (χ4v) is 1.65. The van der Waals surface area contributed by atoms with E-state index in [0.29, 0.717) is 24.3 Å². The van der Waals surface area contributed by atoms with Gasteiger partial charge in [-0.1, -0.05) is 26.3 Å². The van der Waals surface area contributed by atoms with Crippen LogP contribution in [0.1, 0.15) is 43.5 Å². The summed E-state index contributed by atoms with van der Waals surface area (Å²) in [4.78, 5) is 12.0. The van der Waals surface area contributed by atoms with Gasteiger partial charge in [0.1, 0.15) is 11.8 Å². The van der Waals surface area contributed by atoms with E-state index in [9.17, 15) is 4.79 Å². The average Bonchev–Trinajstić information content (AvgIpc) is 2.44. The average molecular weight is 260 g/mol. The molecule has 0 aliphatic heterocycles. The summed E-state index contributed by atoms with van der Waals surface area (Å²) in [6, 6.07) is 8.67. The highest BCUT2D eigenvalue weighted by Gasteiger charge is 2.12. The first-order valence-electron chi connectivity index (χ1n) is 6.64. The number of rotatable bonds is 7. The predicted octanol–water partition coefficient (Wildman–Crippen LogP) is 2.90. The highest BCUT2D eigenvalue weighted by Crippen LogP contribution is 2.14.